The summed E-state index contributed by atoms with van der Waals surface area (Å²) in [6, 6.07) is 6.51. The Hall–Kier alpha value is -3.30. The summed E-state index contributed by atoms with van der Waals surface area (Å²) < 4.78 is 41.8. The third kappa shape index (κ3) is 3.45. The number of benzene rings is 1. The van der Waals surface area contributed by atoms with Gasteiger partial charge in [-0.05, 0) is 24.5 Å². The SMILES string of the molecule is O=C(O)N1CCC(c2cc(=O)[nH]c3c(-c4ccccc4C(F)(F)F)cnn23)CC1. The molecule has 10 heteroatoms. The Morgan fingerprint density at radius 1 is 1.17 bits per heavy atom. The van der Waals surface area contributed by atoms with E-state index in [1.54, 1.807) is 0 Å². The van der Waals surface area contributed by atoms with E-state index < -0.39 is 23.4 Å². The Kier molecular flexibility index (Phi) is 4.56. The maximum absolute atomic E-state index is 13.4. The average Bonchev–Trinajstić information content (AvgIpc) is 3.10. The van der Waals surface area contributed by atoms with Crippen LogP contribution in [-0.2, 0) is 6.18 Å². The lowest BCUT2D eigenvalue weighted by Gasteiger charge is -2.30. The molecule has 4 rings (SSSR count). The molecular weight excluding hydrogens is 389 g/mol. The summed E-state index contributed by atoms with van der Waals surface area (Å²) in [4.78, 5) is 27.3. The maximum atomic E-state index is 13.4. The molecule has 2 N–H and O–H groups in total. The van der Waals surface area contributed by atoms with Crippen LogP contribution in [-0.4, -0.2) is 43.8 Å². The number of aromatic nitrogens is 3. The molecule has 0 aliphatic carbocycles. The van der Waals surface area contributed by atoms with Crippen LogP contribution in [0.1, 0.15) is 30.0 Å². The molecule has 152 valence electrons. The molecule has 29 heavy (non-hydrogen) atoms. The number of fused-ring (bicyclic) bond motifs is 1. The number of alkyl halides is 3. The van der Waals surface area contributed by atoms with E-state index in [2.05, 4.69) is 10.1 Å². The Morgan fingerprint density at radius 3 is 2.52 bits per heavy atom. The van der Waals surface area contributed by atoms with Crippen LogP contribution in [0.4, 0.5) is 18.0 Å². The zero-order valence-electron chi connectivity index (χ0n) is 15.1. The molecule has 0 spiro atoms. The quantitative estimate of drug-likeness (QED) is 0.681. The van der Waals surface area contributed by atoms with Crippen LogP contribution in [0.25, 0.3) is 16.8 Å². The number of halogens is 3. The lowest BCUT2D eigenvalue weighted by atomic mass is 9.93. The number of piperidine rings is 1. The Balaban J connectivity index is 1.80. The highest BCUT2D eigenvalue weighted by Gasteiger charge is 2.34. The fourth-order valence-electron chi connectivity index (χ4n) is 3.83. The first kappa shape index (κ1) is 19.0. The van der Waals surface area contributed by atoms with Crippen molar-refractivity contribution in [1.29, 1.82) is 0 Å². The average molecular weight is 406 g/mol. The van der Waals surface area contributed by atoms with E-state index in [9.17, 15) is 22.8 Å². The summed E-state index contributed by atoms with van der Waals surface area (Å²) >= 11 is 0. The highest BCUT2D eigenvalue weighted by atomic mass is 19.4. The van der Waals surface area contributed by atoms with E-state index in [0.29, 0.717) is 31.6 Å². The summed E-state index contributed by atoms with van der Waals surface area (Å²) in [5, 5.41) is 13.3. The zero-order valence-corrected chi connectivity index (χ0v) is 15.1. The molecular formula is C19H17F3N4O3. The fourth-order valence-corrected chi connectivity index (χ4v) is 3.83. The van der Waals surface area contributed by atoms with Gasteiger partial charge in [-0.15, -0.1) is 0 Å². The van der Waals surface area contributed by atoms with Crippen molar-refractivity contribution in [3.8, 4) is 11.1 Å². The summed E-state index contributed by atoms with van der Waals surface area (Å²) in [5.41, 5.74) is -0.395. The third-order valence-corrected chi connectivity index (χ3v) is 5.24. The Bertz CT molecular complexity index is 1130. The molecule has 2 aromatic heterocycles. The van der Waals surface area contributed by atoms with Crippen LogP contribution in [0.2, 0.25) is 0 Å². The van der Waals surface area contributed by atoms with Gasteiger partial charge in [0, 0.05) is 30.6 Å². The highest BCUT2D eigenvalue weighted by molar-refractivity contribution is 5.79. The molecule has 1 aliphatic heterocycles. The van der Waals surface area contributed by atoms with E-state index in [1.165, 1.54) is 39.9 Å². The standard InChI is InChI=1S/C19H17F3N4O3/c20-19(21,22)14-4-2-1-3-12(14)13-10-23-26-15(9-16(27)24-17(13)26)11-5-7-25(8-6-11)18(28)29/h1-4,9-11H,5-8H2,(H,24,27)(H,28,29). The molecule has 0 saturated carbocycles. The van der Waals surface area contributed by atoms with Gasteiger partial charge in [-0.25, -0.2) is 9.31 Å². The summed E-state index contributed by atoms with van der Waals surface area (Å²) in [7, 11) is 0. The molecule has 3 aromatic rings. The predicted molar refractivity (Wildman–Crippen MR) is 97.8 cm³/mol. The smallest absolute Gasteiger partial charge is 0.417 e. The Labute approximate surface area is 162 Å². The molecule has 1 amide bonds. The maximum Gasteiger partial charge on any atom is 0.417 e. The van der Waals surface area contributed by atoms with Crippen LogP contribution in [0.3, 0.4) is 0 Å². The number of H-pyrrole nitrogens is 1. The highest BCUT2D eigenvalue weighted by Crippen LogP contribution is 2.38. The van der Waals surface area contributed by atoms with Crippen LogP contribution in [0.15, 0.2) is 41.3 Å². The number of amides is 1. The first-order chi connectivity index (χ1) is 13.8. The van der Waals surface area contributed by atoms with Crippen molar-refractivity contribution in [2.24, 2.45) is 0 Å². The number of rotatable bonds is 2. The summed E-state index contributed by atoms with van der Waals surface area (Å²) in [6.07, 6.45) is -3.24. The number of nitrogens with one attached hydrogen (secondary N) is 1. The number of carbonyl (C=O) groups is 1. The minimum atomic E-state index is -4.55. The van der Waals surface area contributed by atoms with E-state index >= 15 is 0 Å². The molecule has 1 saturated heterocycles. The van der Waals surface area contributed by atoms with Gasteiger partial charge in [-0.1, -0.05) is 18.2 Å². The van der Waals surface area contributed by atoms with Gasteiger partial charge in [-0.2, -0.15) is 18.3 Å². The van der Waals surface area contributed by atoms with Crippen molar-refractivity contribution in [1.82, 2.24) is 19.5 Å². The minimum Gasteiger partial charge on any atom is -0.465 e. The molecule has 0 bridgehead atoms. The van der Waals surface area contributed by atoms with Gasteiger partial charge in [0.1, 0.15) is 5.65 Å². The number of carboxylic acid groups (broad SMARTS) is 1. The lowest BCUT2D eigenvalue weighted by Crippen LogP contribution is -2.37. The summed E-state index contributed by atoms with van der Waals surface area (Å²) in [5.74, 6) is -0.124. The van der Waals surface area contributed by atoms with Crippen molar-refractivity contribution in [3.63, 3.8) is 0 Å². The molecule has 0 radical (unpaired) electrons. The molecule has 1 aliphatic rings. The molecule has 1 fully saturated rings. The van der Waals surface area contributed by atoms with Gasteiger partial charge < -0.3 is 15.0 Å². The number of hydrogen-bond donors (Lipinski definition) is 2. The van der Waals surface area contributed by atoms with Crippen LogP contribution in [0, 0.1) is 0 Å². The number of likely N-dealkylation sites (tertiary alicyclic amines) is 1. The molecule has 0 atom stereocenters. The monoisotopic (exact) mass is 406 g/mol. The topological polar surface area (TPSA) is 90.7 Å². The molecule has 0 unspecified atom stereocenters. The van der Waals surface area contributed by atoms with Crippen molar-refractivity contribution < 1.29 is 23.1 Å². The lowest BCUT2D eigenvalue weighted by molar-refractivity contribution is -0.137. The molecule has 7 nitrogen and oxygen atoms in total. The first-order valence-corrected chi connectivity index (χ1v) is 9.01. The molecule has 1 aromatic carbocycles. The third-order valence-electron chi connectivity index (χ3n) is 5.24. The van der Waals surface area contributed by atoms with Gasteiger partial charge in [0.25, 0.3) is 5.56 Å². The van der Waals surface area contributed by atoms with Crippen LogP contribution >= 0.6 is 0 Å². The van der Waals surface area contributed by atoms with Crippen molar-refractivity contribution in [2.45, 2.75) is 24.9 Å². The zero-order chi connectivity index (χ0) is 20.8. The van der Waals surface area contributed by atoms with Crippen LogP contribution in [0.5, 0.6) is 0 Å². The second-order valence-corrected chi connectivity index (χ2v) is 6.96. The van der Waals surface area contributed by atoms with E-state index in [1.807, 2.05) is 0 Å². The fraction of sp³-hybridized carbons (Fsp3) is 0.316. The first-order valence-electron chi connectivity index (χ1n) is 9.01. The van der Waals surface area contributed by atoms with Crippen molar-refractivity contribution in [3.05, 3.63) is 58.1 Å². The van der Waals surface area contributed by atoms with Crippen molar-refractivity contribution in [2.75, 3.05) is 13.1 Å². The predicted octanol–water partition coefficient (Wildman–Crippen LogP) is 3.57. The van der Waals surface area contributed by atoms with Crippen LogP contribution < -0.4 is 5.56 Å². The van der Waals surface area contributed by atoms with Gasteiger partial charge in [0.2, 0.25) is 0 Å². The summed E-state index contributed by atoms with van der Waals surface area (Å²) in [6.45, 7) is 0.638. The van der Waals surface area contributed by atoms with Crippen molar-refractivity contribution >= 4 is 11.7 Å². The minimum absolute atomic E-state index is 0.0662. The van der Waals surface area contributed by atoms with E-state index in [-0.39, 0.29) is 22.7 Å². The molecule has 3 heterocycles. The van der Waals surface area contributed by atoms with Gasteiger partial charge in [0.15, 0.2) is 0 Å². The second kappa shape index (κ2) is 6.94. The van der Waals surface area contributed by atoms with E-state index in [4.69, 9.17) is 5.11 Å². The number of aromatic amines is 1. The number of hydrogen-bond acceptors (Lipinski definition) is 3. The van der Waals surface area contributed by atoms with Gasteiger partial charge >= 0.3 is 12.3 Å². The number of nitrogens with zero attached hydrogens (tertiary/aromatic N) is 3. The normalized spacial score (nSPS) is 15.8. The second-order valence-electron chi connectivity index (χ2n) is 6.96. The largest absolute Gasteiger partial charge is 0.465 e. The van der Waals surface area contributed by atoms with E-state index in [0.717, 1.165) is 6.07 Å². The Morgan fingerprint density at radius 2 is 1.86 bits per heavy atom. The van der Waals surface area contributed by atoms with Gasteiger partial charge in [-0.3, -0.25) is 4.79 Å². The van der Waals surface area contributed by atoms with Gasteiger partial charge in [0.05, 0.1) is 17.5 Å².